The van der Waals surface area contributed by atoms with Gasteiger partial charge in [0, 0.05) is 0 Å². The van der Waals surface area contributed by atoms with Crippen LogP contribution < -0.4 is 4.74 Å². The molecule has 4 heteroatoms. The van der Waals surface area contributed by atoms with Gasteiger partial charge in [0.2, 0.25) is 0 Å². The highest BCUT2D eigenvalue weighted by molar-refractivity contribution is 5.25. The highest BCUT2D eigenvalue weighted by Crippen LogP contribution is 2.21. The molecular formula is C17H15F2NO. The van der Waals surface area contributed by atoms with Crippen molar-refractivity contribution in [1.82, 2.24) is 0 Å². The third-order valence-corrected chi connectivity index (χ3v) is 3.16. The van der Waals surface area contributed by atoms with Crippen LogP contribution in [0.5, 0.6) is 5.75 Å². The van der Waals surface area contributed by atoms with Crippen molar-refractivity contribution in [2.75, 3.05) is 6.61 Å². The molecule has 2 rings (SSSR count). The Morgan fingerprint density at radius 3 is 2.43 bits per heavy atom. The predicted octanol–water partition coefficient (Wildman–Crippen LogP) is 4.43. The molecule has 0 bridgehead atoms. The molecule has 0 radical (unpaired) electrons. The molecule has 0 fully saturated rings. The van der Waals surface area contributed by atoms with Crippen LogP contribution in [0.2, 0.25) is 0 Å². The Morgan fingerprint density at radius 1 is 1.05 bits per heavy atom. The summed E-state index contributed by atoms with van der Waals surface area (Å²) < 4.78 is 31.5. The van der Waals surface area contributed by atoms with E-state index in [9.17, 15) is 8.78 Å². The van der Waals surface area contributed by atoms with Gasteiger partial charge in [-0.25, -0.2) is 8.78 Å². The molecule has 0 saturated heterocycles. The second-order valence-corrected chi connectivity index (χ2v) is 4.65. The van der Waals surface area contributed by atoms with Gasteiger partial charge in [0.1, 0.15) is 5.82 Å². The van der Waals surface area contributed by atoms with Crippen LogP contribution in [0.15, 0.2) is 48.5 Å². The van der Waals surface area contributed by atoms with Gasteiger partial charge >= 0.3 is 0 Å². The Kier molecular flexibility index (Phi) is 5.28. The molecule has 0 spiro atoms. The first kappa shape index (κ1) is 15.0. The Bertz CT molecular complexity index is 619. The lowest BCUT2D eigenvalue weighted by molar-refractivity contribution is 0.290. The number of halogens is 2. The highest BCUT2D eigenvalue weighted by atomic mass is 19.1. The van der Waals surface area contributed by atoms with Crippen molar-refractivity contribution in [2.24, 2.45) is 0 Å². The van der Waals surface area contributed by atoms with Gasteiger partial charge < -0.3 is 4.74 Å². The first-order chi connectivity index (χ1) is 10.2. The van der Waals surface area contributed by atoms with Gasteiger partial charge in [-0.3, -0.25) is 0 Å². The quantitative estimate of drug-likeness (QED) is 0.736. The van der Waals surface area contributed by atoms with Crippen molar-refractivity contribution in [3.05, 3.63) is 65.7 Å². The van der Waals surface area contributed by atoms with Crippen LogP contribution in [0, 0.1) is 23.0 Å². The van der Waals surface area contributed by atoms with E-state index in [1.807, 2.05) is 0 Å². The van der Waals surface area contributed by atoms with Crippen LogP contribution in [0.25, 0.3) is 0 Å². The summed E-state index contributed by atoms with van der Waals surface area (Å²) in [4.78, 5) is 0. The van der Waals surface area contributed by atoms with Crippen molar-refractivity contribution < 1.29 is 13.5 Å². The fourth-order valence-electron chi connectivity index (χ4n) is 2.03. The number of hydrogen-bond donors (Lipinski definition) is 0. The highest BCUT2D eigenvalue weighted by Gasteiger charge is 2.10. The van der Waals surface area contributed by atoms with Crippen molar-refractivity contribution >= 4 is 0 Å². The number of ether oxygens (including phenoxy) is 1. The molecule has 2 aromatic carbocycles. The molecule has 2 nitrogen and oxygen atoms in total. The summed E-state index contributed by atoms with van der Waals surface area (Å²) in [5.74, 6) is -0.811. The summed E-state index contributed by atoms with van der Waals surface area (Å²) in [5.41, 5.74) is 0.782. The predicted molar refractivity (Wildman–Crippen MR) is 75.9 cm³/mol. The SMILES string of the molecule is N#CC(CCCOc1ccccc1F)c1ccc(F)cc1. The lowest BCUT2D eigenvalue weighted by Crippen LogP contribution is -2.03. The number of nitrogens with zero attached hydrogens (tertiary/aromatic N) is 1. The van der Waals surface area contributed by atoms with E-state index in [1.54, 1.807) is 30.3 Å². The Hall–Kier alpha value is -2.41. The van der Waals surface area contributed by atoms with Crippen LogP contribution in [-0.4, -0.2) is 6.61 Å². The zero-order chi connectivity index (χ0) is 15.1. The third kappa shape index (κ3) is 4.28. The van der Waals surface area contributed by atoms with Crippen molar-refractivity contribution in [1.29, 1.82) is 5.26 Å². The average molecular weight is 287 g/mol. The van der Waals surface area contributed by atoms with E-state index >= 15 is 0 Å². The summed E-state index contributed by atoms with van der Waals surface area (Å²) in [7, 11) is 0. The third-order valence-electron chi connectivity index (χ3n) is 3.16. The molecule has 2 aromatic rings. The van der Waals surface area contributed by atoms with E-state index in [2.05, 4.69) is 6.07 Å². The van der Waals surface area contributed by atoms with E-state index in [0.717, 1.165) is 5.56 Å². The molecule has 1 unspecified atom stereocenters. The average Bonchev–Trinajstić information content (AvgIpc) is 2.50. The van der Waals surface area contributed by atoms with Gasteiger partial charge in [0.05, 0.1) is 18.6 Å². The van der Waals surface area contributed by atoms with Crippen molar-refractivity contribution in [3.8, 4) is 11.8 Å². The number of hydrogen-bond acceptors (Lipinski definition) is 2. The van der Waals surface area contributed by atoms with Crippen molar-refractivity contribution in [2.45, 2.75) is 18.8 Å². The normalized spacial score (nSPS) is 11.7. The fourth-order valence-corrected chi connectivity index (χ4v) is 2.03. The molecule has 1 atom stereocenters. The minimum absolute atomic E-state index is 0.216. The maximum atomic E-state index is 13.3. The number of benzene rings is 2. The summed E-state index contributed by atoms with van der Waals surface area (Å²) in [6.45, 7) is 0.334. The van der Waals surface area contributed by atoms with E-state index in [1.165, 1.54) is 18.2 Å². The fraction of sp³-hybridized carbons (Fsp3) is 0.235. The van der Waals surface area contributed by atoms with E-state index in [4.69, 9.17) is 10.00 Å². The topological polar surface area (TPSA) is 33.0 Å². The van der Waals surface area contributed by atoms with Gasteiger partial charge in [-0.05, 0) is 42.7 Å². The molecular weight excluding hydrogens is 272 g/mol. The maximum absolute atomic E-state index is 13.3. The largest absolute Gasteiger partial charge is 0.491 e. The Labute approximate surface area is 122 Å². The lowest BCUT2D eigenvalue weighted by Gasteiger charge is -2.10. The molecule has 0 heterocycles. The van der Waals surface area contributed by atoms with Crippen LogP contribution in [0.3, 0.4) is 0 Å². The van der Waals surface area contributed by atoms with Gasteiger partial charge in [-0.1, -0.05) is 24.3 Å². The zero-order valence-electron chi connectivity index (χ0n) is 11.4. The molecule has 0 aromatic heterocycles. The summed E-state index contributed by atoms with van der Waals surface area (Å²) in [6, 6.07) is 14.3. The van der Waals surface area contributed by atoms with Gasteiger partial charge in [-0.2, -0.15) is 5.26 Å². The molecule has 0 aliphatic rings. The van der Waals surface area contributed by atoms with Crippen LogP contribution >= 0.6 is 0 Å². The molecule has 0 saturated carbocycles. The van der Waals surface area contributed by atoms with Gasteiger partial charge in [0.25, 0.3) is 0 Å². The smallest absolute Gasteiger partial charge is 0.165 e. The van der Waals surface area contributed by atoms with Gasteiger partial charge in [-0.15, -0.1) is 0 Å². The zero-order valence-corrected chi connectivity index (χ0v) is 11.4. The van der Waals surface area contributed by atoms with Crippen molar-refractivity contribution in [3.63, 3.8) is 0 Å². The Morgan fingerprint density at radius 2 is 1.76 bits per heavy atom. The van der Waals surface area contributed by atoms with Crippen LogP contribution in [0.1, 0.15) is 24.3 Å². The molecule has 108 valence electrons. The second-order valence-electron chi connectivity index (χ2n) is 4.65. The first-order valence-electron chi connectivity index (χ1n) is 6.73. The van der Waals surface area contributed by atoms with Gasteiger partial charge in [0.15, 0.2) is 11.6 Å². The minimum Gasteiger partial charge on any atom is -0.491 e. The number of nitriles is 1. The number of rotatable bonds is 6. The Balaban J connectivity index is 1.83. The van der Waals surface area contributed by atoms with E-state index in [0.29, 0.717) is 19.4 Å². The van der Waals surface area contributed by atoms with Crippen LogP contribution in [-0.2, 0) is 0 Å². The molecule has 0 aliphatic carbocycles. The van der Waals surface area contributed by atoms with E-state index < -0.39 is 5.82 Å². The summed E-state index contributed by atoms with van der Waals surface area (Å²) >= 11 is 0. The minimum atomic E-state index is -0.395. The van der Waals surface area contributed by atoms with Crippen LogP contribution in [0.4, 0.5) is 8.78 Å². The van der Waals surface area contributed by atoms with E-state index in [-0.39, 0.29) is 17.5 Å². The number of para-hydroxylation sites is 1. The standard InChI is InChI=1S/C17H15F2NO/c18-15-9-7-13(8-10-15)14(12-20)4-3-11-21-17-6-2-1-5-16(17)19/h1-2,5-10,14H,3-4,11H2. The molecule has 0 amide bonds. The maximum Gasteiger partial charge on any atom is 0.165 e. The lowest BCUT2D eigenvalue weighted by atomic mass is 9.96. The summed E-state index contributed by atoms with van der Waals surface area (Å²) in [5, 5.41) is 9.16. The first-order valence-corrected chi connectivity index (χ1v) is 6.73. The monoisotopic (exact) mass is 287 g/mol. The molecule has 0 N–H and O–H groups in total. The second kappa shape index (κ2) is 7.39. The molecule has 0 aliphatic heterocycles. The summed E-state index contributed by atoms with van der Waals surface area (Å²) in [6.07, 6.45) is 1.19. The molecule has 21 heavy (non-hydrogen) atoms.